The molecule has 108 valence electrons. The molecule has 0 fully saturated rings. The first-order valence-electron chi connectivity index (χ1n) is 5.95. The molecule has 5 nitrogen and oxygen atoms in total. The Morgan fingerprint density at radius 3 is 2.68 bits per heavy atom. The zero-order valence-corrected chi connectivity index (χ0v) is 12.6. The van der Waals surface area contributed by atoms with E-state index in [0.717, 1.165) is 6.42 Å². The number of aliphatic hydroxyl groups is 1. The maximum absolute atomic E-state index is 12.1. The number of nitrogens with one attached hydrogen (secondary N) is 1. The highest BCUT2D eigenvalue weighted by atomic mass is 35.5. The van der Waals surface area contributed by atoms with Crippen LogP contribution in [-0.2, 0) is 10.0 Å². The summed E-state index contributed by atoms with van der Waals surface area (Å²) in [6, 6.07) is 4.23. The van der Waals surface area contributed by atoms with Crippen molar-refractivity contribution in [3.63, 3.8) is 0 Å². The third kappa shape index (κ3) is 4.65. The van der Waals surface area contributed by atoms with Crippen molar-refractivity contribution in [1.29, 1.82) is 0 Å². The largest absolute Gasteiger partial charge is 0.398 e. The summed E-state index contributed by atoms with van der Waals surface area (Å²) >= 11 is 5.77. The molecule has 0 aliphatic carbocycles. The van der Waals surface area contributed by atoms with Gasteiger partial charge in [0.15, 0.2) is 0 Å². The highest BCUT2D eigenvalue weighted by Crippen LogP contribution is 2.23. The first-order valence-corrected chi connectivity index (χ1v) is 7.81. The molecule has 0 saturated carbocycles. The molecule has 19 heavy (non-hydrogen) atoms. The zero-order valence-electron chi connectivity index (χ0n) is 11.0. The van der Waals surface area contributed by atoms with Crippen molar-refractivity contribution in [2.24, 2.45) is 0 Å². The molecule has 0 bridgehead atoms. The molecule has 0 heterocycles. The summed E-state index contributed by atoms with van der Waals surface area (Å²) in [4.78, 5) is -0.0766. The molecule has 0 radical (unpaired) electrons. The quantitative estimate of drug-likeness (QED) is 0.698. The van der Waals surface area contributed by atoms with E-state index >= 15 is 0 Å². The standard InChI is InChI=1S/C12H19ClN2O3S/c1-3-6-12(2,16)8-15-19(17,18)11-7-9(13)4-5-10(11)14/h4-5,7,15-16H,3,6,8,14H2,1-2H3. The second kappa shape index (κ2) is 6.09. The van der Waals surface area contributed by atoms with Gasteiger partial charge in [-0.1, -0.05) is 24.9 Å². The summed E-state index contributed by atoms with van der Waals surface area (Å²) in [5.41, 5.74) is 4.66. The van der Waals surface area contributed by atoms with Crippen LogP contribution in [0.2, 0.25) is 5.02 Å². The molecule has 1 unspecified atom stereocenters. The van der Waals surface area contributed by atoms with Gasteiger partial charge < -0.3 is 10.8 Å². The van der Waals surface area contributed by atoms with Crippen LogP contribution in [0.4, 0.5) is 5.69 Å². The van der Waals surface area contributed by atoms with Crippen molar-refractivity contribution in [2.75, 3.05) is 12.3 Å². The van der Waals surface area contributed by atoms with Crippen LogP contribution in [0.1, 0.15) is 26.7 Å². The van der Waals surface area contributed by atoms with Gasteiger partial charge in [0.2, 0.25) is 10.0 Å². The van der Waals surface area contributed by atoms with Crippen LogP contribution in [0.15, 0.2) is 23.1 Å². The Balaban J connectivity index is 2.90. The van der Waals surface area contributed by atoms with E-state index in [9.17, 15) is 13.5 Å². The van der Waals surface area contributed by atoms with Gasteiger partial charge in [-0.05, 0) is 31.5 Å². The van der Waals surface area contributed by atoms with Gasteiger partial charge >= 0.3 is 0 Å². The van der Waals surface area contributed by atoms with E-state index in [1.807, 2.05) is 6.92 Å². The second-order valence-electron chi connectivity index (χ2n) is 4.75. The zero-order chi connectivity index (χ0) is 14.7. The Morgan fingerprint density at radius 1 is 1.47 bits per heavy atom. The van der Waals surface area contributed by atoms with Crippen LogP contribution in [0.5, 0.6) is 0 Å². The smallest absolute Gasteiger partial charge is 0.242 e. The first-order chi connectivity index (χ1) is 8.68. The SMILES string of the molecule is CCCC(C)(O)CNS(=O)(=O)c1cc(Cl)ccc1N. The van der Waals surface area contributed by atoms with Gasteiger partial charge in [-0.3, -0.25) is 0 Å². The fraction of sp³-hybridized carbons (Fsp3) is 0.500. The van der Waals surface area contributed by atoms with Crippen molar-refractivity contribution >= 4 is 27.3 Å². The van der Waals surface area contributed by atoms with Gasteiger partial charge in [-0.15, -0.1) is 0 Å². The molecule has 7 heteroatoms. The van der Waals surface area contributed by atoms with Crippen LogP contribution in [0.3, 0.4) is 0 Å². The minimum Gasteiger partial charge on any atom is -0.398 e. The van der Waals surface area contributed by atoms with Crippen LogP contribution in [0, 0.1) is 0 Å². The molecule has 0 aliphatic heterocycles. The third-order valence-electron chi connectivity index (χ3n) is 2.70. The summed E-state index contributed by atoms with van der Waals surface area (Å²) in [5.74, 6) is 0. The van der Waals surface area contributed by atoms with Crippen molar-refractivity contribution in [3.8, 4) is 0 Å². The fourth-order valence-electron chi connectivity index (χ4n) is 1.70. The lowest BCUT2D eigenvalue weighted by Crippen LogP contribution is -2.40. The first kappa shape index (κ1) is 16.2. The summed E-state index contributed by atoms with van der Waals surface area (Å²) < 4.78 is 26.5. The molecule has 0 amide bonds. The van der Waals surface area contributed by atoms with Crippen LogP contribution in [-0.4, -0.2) is 25.7 Å². The molecule has 0 aliphatic rings. The molecular weight excluding hydrogens is 288 g/mol. The van der Waals surface area contributed by atoms with Crippen molar-refractivity contribution in [1.82, 2.24) is 4.72 Å². The number of anilines is 1. The average Bonchev–Trinajstić information content (AvgIpc) is 2.30. The Kier molecular flexibility index (Phi) is 5.20. The number of hydrogen-bond acceptors (Lipinski definition) is 4. The molecule has 0 saturated heterocycles. The van der Waals surface area contributed by atoms with E-state index in [-0.39, 0.29) is 22.2 Å². The van der Waals surface area contributed by atoms with E-state index in [1.165, 1.54) is 18.2 Å². The highest BCUT2D eigenvalue weighted by molar-refractivity contribution is 7.89. The molecule has 1 aromatic carbocycles. The van der Waals surface area contributed by atoms with Crippen molar-refractivity contribution in [2.45, 2.75) is 37.2 Å². The lowest BCUT2D eigenvalue weighted by Gasteiger charge is -2.23. The summed E-state index contributed by atoms with van der Waals surface area (Å²) in [5, 5.41) is 10.3. The number of benzene rings is 1. The van der Waals surface area contributed by atoms with Gasteiger partial charge in [-0.25, -0.2) is 13.1 Å². The number of nitrogens with two attached hydrogens (primary N) is 1. The predicted octanol–water partition coefficient (Wildman–Crippen LogP) is 1.75. The Labute approximate surface area is 118 Å². The van der Waals surface area contributed by atoms with Crippen molar-refractivity contribution in [3.05, 3.63) is 23.2 Å². The number of nitrogen functional groups attached to an aromatic ring is 1. The molecule has 1 aromatic rings. The van der Waals surface area contributed by atoms with Gasteiger partial charge in [0.1, 0.15) is 4.90 Å². The molecule has 4 N–H and O–H groups in total. The Morgan fingerprint density at radius 2 is 2.11 bits per heavy atom. The van der Waals surface area contributed by atoms with Crippen LogP contribution < -0.4 is 10.5 Å². The van der Waals surface area contributed by atoms with Crippen molar-refractivity contribution < 1.29 is 13.5 Å². The topological polar surface area (TPSA) is 92.4 Å². The van der Waals surface area contributed by atoms with Gasteiger partial charge in [0, 0.05) is 11.6 Å². The lowest BCUT2D eigenvalue weighted by atomic mass is 10.0. The van der Waals surface area contributed by atoms with E-state index in [4.69, 9.17) is 17.3 Å². The Bertz CT molecular complexity index is 544. The van der Waals surface area contributed by atoms with Gasteiger partial charge in [-0.2, -0.15) is 0 Å². The highest BCUT2D eigenvalue weighted by Gasteiger charge is 2.24. The van der Waals surface area contributed by atoms with E-state index in [2.05, 4.69) is 4.72 Å². The fourth-order valence-corrected chi connectivity index (χ4v) is 3.25. The maximum atomic E-state index is 12.1. The number of hydrogen-bond donors (Lipinski definition) is 3. The van der Waals surface area contributed by atoms with Crippen LogP contribution in [0.25, 0.3) is 0 Å². The summed E-state index contributed by atoms with van der Waals surface area (Å²) in [6.07, 6.45) is 1.26. The minimum atomic E-state index is -3.78. The van der Waals surface area contributed by atoms with E-state index in [1.54, 1.807) is 6.92 Å². The Hall–Kier alpha value is -0.820. The third-order valence-corrected chi connectivity index (χ3v) is 4.39. The lowest BCUT2D eigenvalue weighted by molar-refractivity contribution is 0.0554. The maximum Gasteiger partial charge on any atom is 0.242 e. The molecule has 1 rings (SSSR count). The number of rotatable bonds is 6. The monoisotopic (exact) mass is 306 g/mol. The molecule has 0 spiro atoms. The number of sulfonamides is 1. The molecular formula is C12H19ClN2O3S. The minimum absolute atomic E-state index is 0.0743. The summed E-state index contributed by atoms with van der Waals surface area (Å²) in [6.45, 7) is 3.42. The van der Waals surface area contributed by atoms with Gasteiger partial charge in [0.05, 0.1) is 11.3 Å². The normalized spacial score (nSPS) is 15.2. The van der Waals surface area contributed by atoms with Gasteiger partial charge in [0.25, 0.3) is 0 Å². The second-order valence-corrected chi connectivity index (χ2v) is 6.93. The van der Waals surface area contributed by atoms with E-state index < -0.39 is 15.6 Å². The molecule has 0 aromatic heterocycles. The number of halogens is 1. The van der Waals surface area contributed by atoms with Crippen LogP contribution >= 0.6 is 11.6 Å². The van der Waals surface area contributed by atoms with E-state index in [0.29, 0.717) is 6.42 Å². The average molecular weight is 307 g/mol. The summed E-state index contributed by atoms with van der Waals surface area (Å²) in [7, 11) is -3.78. The molecule has 1 atom stereocenters. The predicted molar refractivity (Wildman–Crippen MR) is 76.6 cm³/mol.